The molecule has 0 spiro atoms. The van der Waals surface area contributed by atoms with Crippen LogP contribution in [0.3, 0.4) is 0 Å². The molecule has 1 saturated heterocycles. The van der Waals surface area contributed by atoms with E-state index in [0.29, 0.717) is 18.2 Å². The number of halogens is 1. The molecule has 0 aliphatic carbocycles. The first-order valence-corrected chi connectivity index (χ1v) is 6.68. The summed E-state index contributed by atoms with van der Waals surface area (Å²) in [7, 11) is 0. The van der Waals surface area contributed by atoms with Gasteiger partial charge in [-0.05, 0) is 18.1 Å². The van der Waals surface area contributed by atoms with Gasteiger partial charge in [0.1, 0.15) is 5.78 Å². The molecule has 1 unspecified atom stereocenters. The molecule has 4 heteroatoms. The SMILES string of the molecule is Cl.O=C1CCN2CCc3c([nH]c4ccccc34)C2C1. The van der Waals surface area contributed by atoms with Gasteiger partial charge in [0.25, 0.3) is 0 Å². The smallest absolute Gasteiger partial charge is 0.136 e. The van der Waals surface area contributed by atoms with Crippen molar-refractivity contribution in [2.75, 3.05) is 13.1 Å². The number of nitrogens with zero attached hydrogens (tertiary/aromatic N) is 1. The number of aromatic nitrogens is 1. The molecular weight excluding hydrogens is 260 g/mol. The highest BCUT2D eigenvalue weighted by Crippen LogP contribution is 2.38. The van der Waals surface area contributed by atoms with E-state index in [1.54, 1.807) is 0 Å². The minimum Gasteiger partial charge on any atom is -0.357 e. The van der Waals surface area contributed by atoms with Gasteiger partial charge in [0.05, 0.1) is 6.04 Å². The molecule has 0 amide bonds. The number of piperidine rings is 1. The van der Waals surface area contributed by atoms with Crippen molar-refractivity contribution >= 4 is 29.1 Å². The van der Waals surface area contributed by atoms with Gasteiger partial charge in [-0.25, -0.2) is 0 Å². The lowest BCUT2D eigenvalue weighted by Gasteiger charge is -2.38. The monoisotopic (exact) mass is 276 g/mol. The van der Waals surface area contributed by atoms with Gasteiger partial charge in [0, 0.05) is 42.5 Å². The van der Waals surface area contributed by atoms with Crippen molar-refractivity contribution < 1.29 is 4.79 Å². The molecule has 3 heterocycles. The van der Waals surface area contributed by atoms with E-state index in [4.69, 9.17) is 0 Å². The van der Waals surface area contributed by atoms with Crippen LogP contribution in [0, 0.1) is 0 Å². The summed E-state index contributed by atoms with van der Waals surface area (Å²) in [6.45, 7) is 2.02. The number of ketones is 1. The molecular formula is C15H17ClN2O. The molecule has 100 valence electrons. The normalized spacial score (nSPS) is 22.7. The lowest BCUT2D eigenvalue weighted by Crippen LogP contribution is -2.41. The van der Waals surface area contributed by atoms with Gasteiger partial charge in [-0.2, -0.15) is 0 Å². The molecule has 1 atom stereocenters. The Kier molecular flexibility index (Phi) is 3.11. The predicted molar refractivity (Wildman–Crippen MR) is 77.8 cm³/mol. The van der Waals surface area contributed by atoms with Crippen molar-refractivity contribution in [1.29, 1.82) is 0 Å². The molecule has 2 aromatic rings. The molecule has 0 radical (unpaired) electrons. The molecule has 0 bridgehead atoms. The summed E-state index contributed by atoms with van der Waals surface area (Å²) in [6.07, 6.45) is 2.51. The summed E-state index contributed by atoms with van der Waals surface area (Å²) in [5.74, 6) is 0.405. The number of hydrogen-bond donors (Lipinski definition) is 1. The lowest BCUT2D eigenvalue weighted by molar-refractivity contribution is -0.123. The highest BCUT2D eigenvalue weighted by molar-refractivity contribution is 5.86. The maximum Gasteiger partial charge on any atom is 0.136 e. The quantitative estimate of drug-likeness (QED) is 0.803. The second-order valence-electron chi connectivity index (χ2n) is 5.36. The fourth-order valence-electron chi connectivity index (χ4n) is 3.45. The van der Waals surface area contributed by atoms with Crippen molar-refractivity contribution in [1.82, 2.24) is 9.88 Å². The van der Waals surface area contributed by atoms with Gasteiger partial charge < -0.3 is 4.98 Å². The summed E-state index contributed by atoms with van der Waals surface area (Å²) in [6, 6.07) is 8.76. The maximum absolute atomic E-state index is 11.7. The van der Waals surface area contributed by atoms with Crippen LogP contribution in [0.15, 0.2) is 24.3 Å². The Bertz CT molecular complexity index is 634. The Morgan fingerprint density at radius 3 is 2.84 bits per heavy atom. The van der Waals surface area contributed by atoms with Gasteiger partial charge >= 0.3 is 0 Å². The summed E-state index contributed by atoms with van der Waals surface area (Å²) in [4.78, 5) is 17.7. The molecule has 1 aromatic carbocycles. The third-order valence-corrected chi connectivity index (χ3v) is 4.37. The molecule has 4 rings (SSSR count). The second-order valence-corrected chi connectivity index (χ2v) is 5.36. The first kappa shape index (κ1) is 12.7. The van der Waals surface area contributed by atoms with Crippen molar-refractivity contribution in [2.24, 2.45) is 0 Å². The number of carbonyl (C=O) groups excluding carboxylic acids is 1. The molecule has 2 aliphatic heterocycles. The topological polar surface area (TPSA) is 36.1 Å². The molecule has 1 aromatic heterocycles. The van der Waals surface area contributed by atoms with E-state index in [0.717, 1.165) is 25.9 Å². The average molecular weight is 277 g/mol. The van der Waals surface area contributed by atoms with Crippen LogP contribution in [0.25, 0.3) is 10.9 Å². The number of para-hydroxylation sites is 1. The van der Waals surface area contributed by atoms with Crippen LogP contribution in [0.2, 0.25) is 0 Å². The number of aromatic amines is 1. The van der Waals surface area contributed by atoms with Crippen LogP contribution >= 0.6 is 12.4 Å². The van der Waals surface area contributed by atoms with Crippen molar-refractivity contribution in [3.05, 3.63) is 35.5 Å². The van der Waals surface area contributed by atoms with Crippen LogP contribution in [-0.4, -0.2) is 28.8 Å². The van der Waals surface area contributed by atoms with E-state index < -0.39 is 0 Å². The summed E-state index contributed by atoms with van der Waals surface area (Å²) in [5, 5.41) is 1.34. The number of nitrogens with one attached hydrogen (secondary N) is 1. The number of fused-ring (bicyclic) bond motifs is 5. The van der Waals surface area contributed by atoms with Crippen LogP contribution < -0.4 is 0 Å². The number of hydrogen-bond acceptors (Lipinski definition) is 2. The standard InChI is InChI=1S/C15H16N2O.ClH/c18-10-5-7-17-8-6-12-11-3-1-2-4-13(11)16-15(12)14(17)9-10;/h1-4,14,16H,5-9H2;1H. The highest BCUT2D eigenvalue weighted by Gasteiger charge is 2.34. The average Bonchev–Trinajstić information content (AvgIpc) is 2.78. The lowest BCUT2D eigenvalue weighted by atomic mass is 9.90. The Hall–Kier alpha value is -1.32. The maximum atomic E-state index is 11.7. The van der Waals surface area contributed by atoms with Crippen LogP contribution in [0.1, 0.15) is 30.1 Å². The van der Waals surface area contributed by atoms with Gasteiger partial charge in [0.2, 0.25) is 0 Å². The number of rotatable bonds is 0. The van der Waals surface area contributed by atoms with Crippen molar-refractivity contribution in [3.8, 4) is 0 Å². The Labute approximate surface area is 118 Å². The third-order valence-electron chi connectivity index (χ3n) is 4.37. The number of carbonyl (C=O) groups is 1. The molecule has 1 fully saturated rings. The summed E-state index contributed by atoms with van der Waals surface area (Å²) < 4.78 is 0. The van der Waals surface area contributed by atoms with E-state index in [1.165, 1.54) is 22.2 Å². The van der Waals surface area contributed by atoms with Gasteiger partial charge in [-0.15, -0.1) is 12.4 Å². The molecule has 3 nitrogen and oxygen atoms in total. The second kappa shape index (κ2) is 4.66. The predicted octanol–water partition coefficient (Wildman–Crippen LogP) is 2.85. The Morgan fingerprint density at radius 2 is 1.95 bits per heavy atom. The van der Waals surface area contributed by atoms with E-state index >= 15 is 0 Å². The Balaban J connectivity index is 0.00000110. The van der Waals surface area contributed by atoms with Crippen molar-refractivity contribution in [2.45, 2.75) is 25.3 Å². The fourth-order valence-corrected chi connectivity index (χ4v) is 3.45. The van der Waals surface area contributed by atoms with Crippen LogP contribution in [0.4, 0.5) is 0 Å². The number of benzene rings is 1. The summed E-state index contributed by atoms with van der Waals surface area (Å²) >= 11 is 0. The minimum atomic E-state index is 0. The third kappa shape index (κ3) is 1.88. The zero-order chi connectivity index (χ0) is 12.1. The van der Waals surface area contributed by atoms with Gasteiger partial charge in [-0.1, -0.05) is 18.2 Å². The largest absolute Gasteiger partial charge is 0.357 e. The van der Waals surface area contributed by atoms with Crippen molar-refractivity contribution in [3.63, 3.8) is 0 Å². The minimum absolute atomic E-state index is 0. The van der Waals surface area contributed by atoms with E-state index in [-0.39, 0.29) is 12.4 Å². The van der Waals surface area contributed by atoms with Gasteiger partial charge in [0.15, 0.2) is 0 Å². The van der Waals surface area contributed by atoms with E-state index in [9.17, 15) is 4.79 Å². The van der Waals surface area contributed by atoms with Gasteiger partial charge in [-0.3, -0.25) is 9.69 Å². The van der Waals surface area contributed by atoms with E-state index in [1.807, 2.05) is 0 Å². The molecule has 19 heavy (non-hydrogen) atoms. The van der Waals surface area contributed by atoms with E-state index in [2.05, 4.69) is 34.1 Å². The zero-order valence-corrected chi connectivity index (χ0v) is 11.5. The highest BCUT2D eigenvalue weighted by atomic mass is 35.5. The fraction of sp³-hybridized carbons (Fsp3) is 0.400. The number of Topliss-reactive ketones (excluding diaryl/α,β-unsaturated/α-hetero) is 1. The van der Waals surface area contributed by atoms with Crippen LogP contribution in [-0.2, 0) is 11.2 Å². The Morgan fingerprint density at radius 1 is 1.16 bits per heavy atom. The number of H-pyrrole nitrogens is 1. The first-order chi connectivity index (χ1) is 8.83. The van der Waals surface area contributed by atoms with Crippen LogP contribution in [0.5, 0.6) is 0 Å². The summed E-state index contributed by atoms with van der Waals surface area (Å²) in [5.41, 5.74) is 3.93. The molecule has 0 saturated carbocycles. The molecule has 2 aliphatic rings. The molecule has 1 N–H and O–H groups in total. The zero-order valence-electron chi connectivity index (χ0n) is 10.7. The first-order valence-electron chi connectivity index (χ1n) is 6.68.